The first-order chi connectivity index (χ1) is 18.9. The Hall–Kier alpha value is -2.83. The van der Waals surface area contributed by atoms with Crippen LogP contribution in [0.2, 0.25) is 0 Å². The Morgan fingerprint density at radius 2 is 1.51 bits per heavy atom. The summed E-state index contributed by atoms with van der Waals surface area (Å²) >= 11 is 0. The summed E-state index contributed by atoms with van der Waals surface area (Å²) < 4.78 is 21.3. The molecule has 0 aromatic heterocycles. The van der Waals surface area contributed by atoms with Gasteiger partial charge in [-0.15, -0.1) is 0 Å². The van der Waals surface area contributed by atoms with E-state index in [9.17, 15) is 14.4 Å². The number of carbonyl (C=O) groups excluding carboxylic acids is 3. The van der Waals surface area contributed by atoms with Crippen molar-refractivity contribution >= 4 is 17.9 Å². The average molecular weight is 543 g/mol. The lowest BCUT2D eigenvalue weighted by Gasteiger charge is -2.37. The molecule has 1 aromatic carbocycles. The lowest BCUT2D eigenvalue weighted by molar-refractivity contribution is -0.140. The third-order valence-corrected chi connectivity index (χ3v) is 8.42. The van der Waals surface area contributed by atoms with Gasteiger partial charge in [-0.25, -0.2) is 9.59 Å². The van der Waals surface area contributed by atoms with Gasteiger partial charge in [-0.05, 0) is 87.3 Å². The van der Waals surface area contributed by atoms with Crippen LogP contribution in [0.15, 0.2) is 30.9 Å². The maximum Gasteiger partial charge on any atom is 0.338 e. The molecule has 0 amide bonds. The van der Waals surface area contributed by atoms with E-state index in [4.69, 9.17) is 18.9 Å². The first-order valence-corrected chi connectivity index (χ1v) is 14.8. The third kappa shape index (κ3) is 9.70. The van der Waals surface area contributed by atoms with Crippen molar-refractivity contribution in [1.82, 2.24) is 0 Å². The highest BCUT2D eigenvalue weighted by Gasteiger charge is 2.33. The molecule has 0 saturated heterocycles. The predicted molar refractivity (Wildman–Crippen MR) is 150 cm³/mol. The van der Waals surface area contributed by atoms with Crippen molar-refractivity contribution in [3.05, 3.63) is 36.4 Å². The minimum Gasteiger partial charge on any atom is -0.493 e. The van der Waals surface area contributed by atoms with E-state index in [-0.39, 0.29) is 25.1 Å². The number of esters is 3. The van der Waals surface area contributed by atoms with Crippen LogP contribution in [0.25, 0.3) is 0 Å². The van der Waals surface area contributed by atoms with Gasteiger partial charge >= 0.3 is 17.9 Å². The van der Waals surface area contributed by atoms with Crippen molar-refractivity contribution in [1.29, 1.82) is 0 Å². The van der Waals surface area contributed by atoms with Gasteiger partial charge < -0.3 is 18.9 Å². The van der Waals surface area contributed by atoms with Crippen molar-refractivity contribution in [3.8, 4) is 11.5 Å². The zero-order valence-corrected chi connectivity index (χ0v) is 23.8. The summed E-state index contributed by atoms with van der Waals surface area (Å²) in [7, 11) is 1.48. The predicted octanol–water partition coefficient (Wildman–Crippen LogP) is 7.07. The number of hydrogen-bond donors (Lipinski definition) is 0. The van der Waals surface area contributed by atoms with Gasteiger partial charge in [0.25, 0.3) is 0 Å². The van der Waals surface area contributed by atoms with Crippen molar-refractivity contribution in [2.75, 3.05) is 20.3 Å². The highest BCUT2D eigenvalue weighted by atomic mass is 16.6. The summed E-state index contributed by atoms with van der Waals surface area (Å²) in [4.78, 5) is 36.4. The van der Waals surface area contributed by atoms with Crippen molar-refractivity contribution in [2.45, 2.75) is 90.4 Å². The minimum atomic E-state index is -0.494. The van der Waals surface area contributed by atoms with E-state index in [1.54, 1.807) is 12.1 Å². The van der Waals surface area contributed by atoms with Gasteiger partial charge in [-0.1, -0.05) is 45.6 Å². The Balaban J connectivity index is 1.41. The topological polar surface area (TPSA) is 88.1 Å². The minimum absolute atomic E-state index is 0.0951. The second-order valence-corrected chi connectivity index (χ2v) is 11.0. The summed E-state index contributed by atoms with van der Waals surface area (Å²) in [5.74, 6) is 1.85. The van der Waals surface area contributed by atoms with E-state index in [0.29, 0.717) is 29.9 Å². The normalized spacial score (nSPS) is 22.9. The van der Waals surface area contributed by atoms with Crippen LogP contribution >= 0.6 is 0 Å². The molecule has 39 heavy (non-hydrogen) atoms. The molecule has 0 radical (unpaired) electrons. The molecular formula is C32H46O7. The number of hydrogen-bond acceptors (Lipinski definition) is 7. The lowest BCUT2D eigenvalue weighted by atomic mass is 9.68. The number of benzene rings is 1. The Labute approximate surface area is 233 Å². The molecule has 0 aliphatic heterocycles. The van der Waals surface area contributed by atoms with Crippen LogP contribution in [-0.2, 0) is 19.1 Å². The highest BCUT2D eigenvalue weighted by Crippen LogP contribution is 2.42. The third-order valence-electron chi connectivity index (χ3n) is 8.42. The molecule has 7 heteroatoms. The van der Waals surface area contributed by atoms with E-state index >= 15 is 0 Å². The molecule has 1 aromatic rings. The van der Waals surface area contributed by atoms with Gasteiger partial charge in [0, 0.05) is 6.08 Å². The van der Waals surface area contributed by atoms with Crippen LogP contribution in [0, 0.1) is 23.7 Å². The van der Waals surface area contributed by atoms with Crippen LogP contribution in [0.5, 0.6) is 11.5 Å². The molecule has 0 unspecified atom stereocenters. The smallest absolute Gasteiger partial charge is 0.338 e. The molecular weight excluding hydrogens is 496 g/mol. The Morgan fingerprint density at radius 3 is 2.13 bits per heavy atom. The summed E-state index contributed by atoms with van der Waals surface area (Å²) in [6.07, 6.45) is 15.7. The lowest BCUT2D eigenvalue weighted by Crippen LogP contribution is -2.30. The van der Waals surface area contributed by atoms with Gasteiger partial charge in [0.15, 0.2) is 11.5 Å². The monoisotopic (exact) mass is 542 g/mol. The summed E-state index contributed by atoms with van der Waals surface area (Å²) in [6, 6.07) is 4.70. The highest BCUT2D eigenvalue weighted by molar-refractivity contribution is 5.90. The van der Waals surface area contributed by atoms with E-state index < -0.39 is 11.9 Å². The van der Waals surface area contributed by atoms with E-state index in [1.807, 2.05) is 0 Å². The maximum atomic E-state index is 13.0. The van der Waals surface area contributed by atoms with E-state index in [1.165, 1.54) is 58.1 Å². The van der Waals surface area contributed by atoms with Crippen LogP contribution in [0.3, 0.4) is 0 Å². The molecule has 0 bridgehead atoms. The summed E-state index contributed by atoms with van der Waals surface area (Å²) in [6.45, 7) is 6.06. The van der Waals surface area contributed by atoms with Gasteiger partial charge in [-0.2, -0.15) is 0 Å². The largest absolute Gasteiger partial charge is 0.493 e. The van der Waals surface area contributed by atoms with Crippen LogP contribution in [-0.4, -0.2) is 38.2 Å². The zero-order valence-electron chi connectivity index (χ0n) is 23.8. The second-order valence-electron chi connectivity index (χ2n) is 11.0. The van der Waals surface area contributed by atoms with Crippen LogP contribution in [0.1, 0.15) is 101 Å². The number of ether oxygens (including phenoxy) is 4. The van der Waals surface area contributed by atoms with Gasteiger partial charge in [0.1, 0.15) is 0 Å². The molecule has 0 atom stereocenters. The molecule has 2 saturated carbocycles. The average Bonchev–Trinajstić information content (AvgIpc) is 2.98. The number of rotatable bonds is 14. The van der Waals surface area contributed by atoms with Gasteiger partial charge in [-0.3, -0.25) is 4.79 Å². The number of unbranched alkanes of at least 4 members (excludes halogenated alkanes) is 2. The van der Waals surface area contributed by atoms with Gasteiger partial charge in [0.2, 0.25) is 0 Å². The molecule has 2 aliphatic rings. The first-order valence-electron chi connectivity index (χ1n) is 14.8. The molecule has 2 fully saturated rings. The van der Waals surface area contributed by atoms with Crippen molar-refractivity contribution < 1.29 is 33.3 Å². The number of carbonyl (C=O) groups is 3. The Morgan fingerprint density at radius 1 is 0.872 bits per heavy atom. The zero-order chi connectivity index (χ0) is 28.0. The Kier molecular flexibility index (Phi) is 12.8. The van der Waals surface area contributed by atoms with E-state index in [0.717, 1.165) is 49.5 Å². The fourth-order valence-corrected chi connectivity index (χ4v) is 6.02. The molecule has 216 valence electrons. The van der Waals surface area contributed by atoms with Crippen LogP contribution in [0.4, 0.5) is 0 Å². The second kappa shape index (κ2) is 16.3. The molecule has 0 N–H and O–H groups in total. The summed E-state index contributed by atoms with van der Waals surface area (Å²) in [5.41, 5.74) is 0.314. The van der Waals surface area contributed by atoms with Crippen LogP contribution < -0.4 is 9.47 Å². The van der Waals surface area contributed by atoms with E-state index in [2.05, 4.69) is 13.5 Å². The summed E-state index contributed by atoms with van der Waals surface area (Å²) in [5, 5.41) is 0. The molecule has 0 heterocycles. The first kappa shape index (κ1) is 30.7. The van der Waals surface area contributed by atoms with Crippen molar-refractivity contribution in [2.24, 2.45) is 23.7 Å². The fourth-order valence-electron chi connectivity index (χ4n) is 6.02. The molecule has 3 rings (SSSR count). The SMILES string of the molecule is C=CC(=O)OCCCCOC(=O)c1ccc(OC(=O)C2CCC(C3CCC(CCCC)CC3)CC2)c(OC)c1. The maximum absolute atomic E-state index is 13.0. The fraction of sp³-hybridized carbons (Fsp3) is 0.656. The quantitative estimate of drug-likeness (QED) is 0.107. The molecule has 2 aliphatic carbocycles. The number of methoxy groups -OCH3 is 1. The Bertz CT molecular complexity index is 940. The standard InChI is InChI=1S/C32H46O7/c1-4-6-9-23-10-12-24(13-11-23)25-14-16-26(17-15-25)32(35)39-28-19-18-27(22-29(28)36-3)31(34)38-21-8-7-20-37-30(33)5-2/h5,18-19,22-26H,2,4,6-17,20-21H2,1,3H3. The van der Waals surface area contributed by atoms with Crippen molar-refractivity contribution in [3.63, 3.8) is 0 Å². The van der Waals surface area contributed by atoms with Gasteiger partial charge in [0.05, 0.1) is 31.8 Å². The molecule has 7 nitrogen and oxygen atoms in total. The molecule has 0 spiro atoms.